The molecule has 174 valence electrons. The maximum absolute atomic E-state index is 12.7. The molecule has 32 heavy (non-hydrogen) atoms. The molecule has 0 bridgehead atoms. The second-order valence-corrected chi connectivity index (χ2v) is 7.75. The molecule has 1 heterocycles. The molecule has 0 radical (unpaired) electrons. The summed E-state index contributed by atoms with van der Waals surface area (Å²) in [6.45, 7) is -1.51. The van der Waals surface area contributed by atoms with Crippen molar-refractivity contribution in [1.29, 1.82) is 0 Å². The predicted octanol–water partition coefficient (Wildman–Crippen LogP) is 4.54. The first-order chi connectivity index (χ1) is 15.5. The van der Waals surface area contributed by atoms with E-state index in [-0.39, 0.29) is 30.0 Å². The van der Waals surface area contributed by atoms with Crippen LogP contribution in [0.3, 0.4) is 0 Å². The van der Waals surface area contributed by atoms with Gasteiger partial charge < -0.3 is 19.5 Å². The third-order valence-electron chi connectivity index (χ3n) is 5.64. The highest BCUT2D eigenvalue weighted by Crippen LogP contribution is 2.31. The Labute approximate surface area is 187 Å². The smallest absolute Gasteiger partial charge is 0.387 e. The number of carbonyl (C=O) groups is 1. The van der Waals surface area contributed by atoms with E-state index in [1.165, 1.54) is 18.7 Å². The molecule has 3 rings (SSSR count). The summed E-state index contributed by atoms with van der Waals surface area (Å²) in [7, 11) is 3.03. The molecule has 6 nitrogen and oxygen atoms in total. The molecule has 0 aromatic heterocycles. The standard InChI is InChI=1S/C24H30F2N2O4/c1-30-19-10-8-18(9-11-19)20-6-4-3-5-13-28(20)16-23(29)27-15-17-7-12-21(32-24(25)26)22(14-17)31-2/h7-12,14,20,24H,3-6,13,15-16H2,1-2H3,(H,27,29). The number of carbonyl (C=O) groups excluding carboxylic acids is 1. The Kier molecular flexibility index (Phi) is 8.67. The molecule has 1 N–H and O–H groups in total. The number of hydrogen-bond acceptors (Lipinski definition) is 5. The van der Waals surface area contributed by atoms with Crippen molar-refractivity contribution in [2.24, 2.45) is 0 Å². The molecule has 0 aliphatic carbocycles. The zero-order valence-corrected chi connectivity index (χ0v) is 18.5. The molecule has 8 heteroatoms. The zero-order chi connectivity index (χ0) is 22.9. The first-order valence-corrected chi connectivity index (χ1v) is 10.8. The largest absolute Gasteiger partial charge is 0.497 e. The Hall–Kier alpha value is -2.87. The number of benzene rings is 2. The summed E-state index contributed by atoms with van der Waals surface area (Å²) in [6, 6.07) is 12.8. The van der Waals surface area contributed by atoms with E-state index in [9.17, 15) is 13.6 Å². The first-order valence-electron chi connectivity index (χ1n) is 10.8. The molecule has 0 saturated carbocycles. The molecular formula is C24H30F2N2O4. The normalized spacial score (nSPS) is 17.0. The number of methoxy groups -OCH3 is 2. The van der Waals surface area contributed by atoms with Crippen LogP contribution in [0.15, 0.2) is 42.5 Å². The highest BCUT2D eigenvalue weighted by molar-refractivity contribution is 5.78. The lowest BCUT2D eigenvalue weighted by atomic mass is 10.0. The van der Waals surface area contributed by atoms with Gasteiger partial charge in [0.15, 0.2) is 11.5 Å². The number of alkyl halides is 2. The molecule has 2 aromatic rings. The van der Waals surface area contributed by atoms with Crippen molar-refractivity contribution < 1.29 is 27.8 Å². The van der Waals surface area contributed by atoms with E-state index in [4.69, 9.17) is 9.47 Å². The Morgan fingerprint density at radius 2 is 1.84 bits per heavy atom. The van der Waals surface area contributed by atoms with E-state index in [1.807, 2.05) is 12.1 Å². The van der Waals surface area contributed by atoms with Crippen molar-refractivity contribution in [3.8, 4) is 17.2 Å². The minimum atomic E-state index is -2.93. The lowest BCUT2D eigenvalue weighted by Crippen LogP contribution is -2.39. The quantitative estimate of drug-likeness (QED) is 0.610. The fourth-order valence-electron chi connectivity index (χ4n) is 4.02. The van der Waals surface area contributed by atoms with Gasteiger partial charge in [0.25, 0.3) is 0 Å². The van der Waals surface area contributed by atoms with Crippen LogP contribution in [0.5, 0.6) is 17.2 Å². The highest BCUT2D eigenvalue weighted by Gasteiger charge is 2.24. The second-order valence-electron chi connectivity index (χ2n) is 7.75. The SMILES string of the molecule is COc1ccc(C2CCCCCN2CC(=O)NCc2ccc(OC(F)F)c(OC)c2)cc1. The monoisotopic (exact) mass is 448 g/mol. The van der Waals surface area contributed by atoms with Crippen LogP contribution >= 0.6 is 0 Å². The Bertz CT molecular complexity index is 877. The fourth-order valence-corrected chi connectivity index (χ4v) is 4.02. The summed E-state index contributed by atoms with van der Waals surface area (Å²) in [4.78, 5) is 14.9. The molecule has 1 amide bonds. The summed E-state index contributed by atoms with van der Waals surface area (Å²) in [5, 5.41) is 2.92. The van der Waals surface area contributed by atoms with Gasteiger partial charge in [-0.2, -0.15) is 8.78 Å². The summed E-state index contributed by atoms with van der Waals surface area (Å²) in [6.07, 6.45) is 4.34. The van der Waals surface area contributed by atoms with Crippen LogP contribution in [-0.2, 0) is 11.3 Å². The maximum atomic E-state index is 12.7. The van der Waals surface area contributed by atoms with Crippen molar-refractivity contribution in [2.45, 2.75) is 44.9 Å². The van der Waals surface area contributed by atoms with Gasteiger partial charge >= 0.3 is 6.61 Å². The van der Waals surface area contributed by atoms with E-state index < -0.39 is 6.61 Å². The van der Waals surface area contributed by atoms with E-state index in [1.54, 1.807) is 19.2 Å². The van der Waals surface area contributed by atoms with Gasteiger partial charge in [0.1, 0.15) is 5.75 Å². The molecule has 1 saturated heterocycles. The number of ether oxygens (including phenoxy) is 3. The highest BCUT2D eigenvalue weighted by atomic mass is 19.3. The molecule has 2 aromatic carbocycles. The Morgan fingerprint density at radius 3 is 2.53 bits per heavy atom. The van der Waals surface area contributed by atoms with Crippen LogP contribution in [-0.4, -0.2) is 44.7 Å². The van der Waals surface area contributed by atoms with Crippen LogP contribution in [0.1, 0.15) is 42.9 Å². The lowest BCUT2D eigenvalue weighted by molar-refractivity contribution is -0.123. The van der Waals surface area contributed by atoms with Crippen molar-refractivity contribution >= 4 is 5.91 Å². The van der Waals surface area contributed by atoms with Gasteiger partial charge in [0, 0.05) is 12.6 Å². The zero-order valence-electron chi connectivity index (χ0n) is 18.5. The molecular weight excluding hydrogens is 418 g/mol. The minimum absolute atomic E-state index is 0.0375. The van der Waals surface area contributed by atoms with Gasteiger partial charge in [-0.3, -0.25) is 9.69 Å². The number of nitrogens with one attached hydrogen (secondary N) is 1. The third kappa shape index (κ3) is 6.56. The molecule has 0 spiro atoms. The number of amides is 1. The molecule has 1 atom stereocenters. The number of halogens is 2. The van der Waals surface area contributed by atoms with Crippen LogP contribution in [0.25, 0.3) is 0 Å². The average molecular weight is 449 g/mol. The second kappa shape index (κ2) is 11.7. The van der Waals surface area contributed by atoms with E-state index in [2.05, 4.69) is 27.1 Å². The fraction of sp³-hybridized carbons (Fsp3) is 0.458. The Balaban J connectivity index is 1.61. The topological polar surface area (TPSA) is 60.0 Å². The van der Waals surface area contributed by atoms with Gasteiger partial charge in [0.05, 0.1) is 20.8 Å². The predicted molar refractivity (Wildman–Crippen MR) is 117 cm³/mol. The van der Waals surface area contributed by atoms with Crippen molar-refractivity contribution in [1.82, 2.24) is 10.2 Å². The van der Waals surface area contributed by atoms with Crippen molar-refractivity contribution in [2.75, 3.05) is 27.3 Å². The molecule has 1 fully saturated rings. The summed E-state index contributed by atoms with van der Waals surface area (Å²) >= 11 is 0. The first kappa shape index (κ1) is 23.8. The summed E-state index contributed by atoms with van der Waals surface area (Å²) in [5.74, 6) is 0.887. The average Bonchev–Trinajstić information content (AvgIpc) is 3.03. The number of nitrogens with zero attached hydrogens (tertiary/aromatic N) is 1. The van der Waals surface area contributed by atoms with Crippen molar-refractivity contribution in [3.05, 3.63) is 53.6 Å². The lowest BCUT2D eigenvalue weighted by Gasteiger charge is -2.30. The molecule has 1 aliphatic heterocycles. The van der Waals surface area contributed by atoms with Crippen molar-refractivity contribution in [3.63, 3.8) is 0 Å². The van der Waals surface area contributed by atoms with Gasteiger partial charge in [0.2, 0.25) is 5.91 Å². The van der Waals surface area contributed by atoms with E-state index in [0.717, 1.165) is 43.5 Å². The van der Waals surface area contributed by atoms with E-state index in [0.29, 0.717) is 6.54 Å². The van der Waals surface area contributed by atoms with Gasteiger partial charge in [-0.05, 0) is 54.8 Å². The maximum Gasteiger partial charge on any atom is 0.387 e. The number of likely N-dealkylation sites (tertiary alicyclic amines) is 1. The van der Waals surface area contributed by atoms with Gasteiger partial charge in [-0.15, -0.1) is 0 Å². The molecule has 1 unspecified atom stereocenters. The minimum Gasteiger partial charge on any atom is -0.497 e. The van der Waals surface area contributed by atoms with Crippen LogP contribution in [0, 0.1) is 0 Å². The number of rotatable bonds is 9. The molecule has 1 aliphatic rings. The van der Waals surface area contributed by atoms with E-state index >= 15 is 0 Å². The summed E-state index contributed by atoms with van der Waals surface area (Å²) < 4.78 is 39.8. The summed E-state index contributed by atoms with van der Waals surface area (Å²) in [5.41, 5.74) is 1.92. The third-order valence-corrected chi connectivity index (χ3v) is 5.64. The van der Waals surface area contributed by atoms with Gasteiger partial charge in [-0.1, -0.05) is 31.0 Å². The van der Waals surface area contributed by atoms with Crippen LogP contribution in [0.4, 0.5) is 8.78 Å². The number of hydrogen-bond donors (Lipinski definition) is 1. The Morgan fingerprint density at radius 1 is 1.06 bits per heavy atom. The van der Waals surface area contributed by atoms with Gasteiger partial charge in [-0.25, -0.2) is 0 Å². The van der Waals surface area contributed by atoms with Crippen LogP contribution in [0.2, 0.25) is 0 Å². The van der Waals surface area contributed by atoms with Crippen LogP contribution < -0.4 is 19.5 Å².